The fraction of sp³-hybridized carbons (Fsp3) is 0.200. The number of phenols is 1. The van der Waals surface area contributed by atoms with Gasteiger partial charge in [-0.3, -0.25) is 0 Å². The molecule has 19 heavy (non-hydrogen) atoms. The average molecular weight is 324 g/mol. The lowest BCUT2D eigenvalue weighted by molar-refractivity contribution is 0.446. The molecule has 0 heterocycles. The third-order valence-corrected chi connectivity index (χ3v) is 3.79. The molecular formula is C15H15BrFNO. The first-order chi connectivity index (χ1) is 9.08. The van der Waals surface area contributed by atoms with Crippen LogP contribution in [0.25, 0.3) is 0 Å². The maximum atomic E-state index is 12.9. The van der Waals surface area contributed by atoms with Gasteiger partial charge in [-0.15, -0.1) is 0 Å². The summed E-state index contributed by atoms with van der Waals surface area (Å²) < 4.78 is 14.0. The number of hydrogen-bond donors (Lipinski definition) is 2. The van der Waals surface area contributed by atoms with Crippen molar-refractivity contribution in [2.75, 3.05) is 0 Å². The SMILES string of the molecule is CC(NCc1ccccc1Br)c1ccc(F)cc1O. The number of phenolic OH excluding ortho intramolecular Hbond substituents is 1. The van der Waals surface area contributed by atoms with E-state index in [1.54, 1.807) is 6.07 Å². The highest BCUT2D eigenvalue weighted by atomic mass is 79.9. The Morgan fingerprint density at radius 3 is 2.68 bits per heavy atom. The van der Waals surface area contributed by atoms with E-state index in [0.29, 0.717) is 12.1 Å². The first-order valence-electron chi connectivity index (χ1n) is 6.03. The molecule has 0 aliphatic heterocycles. The number of nitrogens with one attached hydrogen (secondary N) is 1. The van der Waals surface area contributed by atoms with Crippen LogP contribution in [0.4, 0.5) is 4.39 Å². The van der Waals surface area contributed by atoms with Gasteiger partial charge in [0.15, 0.2) is 0 Å². The number of hydrogen-bond acceptors (Lipinski definition) is 2. The van der Waals surface area contributed by atoms with E-state index in [2.05, 4.69) is 21.2 Å². The lowest BCUT2D eigenvalue weighted by atomic mass is 10.1. The first-order valence-corrected chi connectivity index (χ1v) is 6.82. The summed E-state index contributed by atoms with van der Waals surface area (Å²) >= 11 is 3.49. The van der Waals surface area contributed by atoms with Crippen molar-refractivity contribution in [3.8, 4) is 5.75 Å². The highest BCUT2D eigenvalue weighted by Gasteiger charge is 2.11. The Labute approximate surface area is 120 Å². The highest BCUT2D eigenvalue weighted by Crippen LogP contribution is 2.25. The second kappa shape index (κ2) is 6.17. The molecule has 4 heteroatoms. The zero-order chi connectivity index (χ0) is 13.8. The van der Waals surface area contributed by atoms with Gasteiger partial charge in [-0.2, -0.15) is 0 Å². The molecule has 0 fully saturated rings. The summed E-state index contributed by atoms with van der Waals surface area (Å²) in [4.78, 5) is 0. The molecule has 0 amide bonds. The normalized spacial score (nSPS) is 12.4. The fourth-order valence-electron chi connectivity index (χ4n) is 1.90. The van der Waals surface area contributed by atoms with Crippen LogP contribution >= 0.6 is 15.9 Å². The molecular weight excluding hydrogens is 309 g/mol. The van der Waals surface area contributed by atoms with Crippen LogP contribution in [0.1, 0.15) is 24.1 Å². The molecule has 0 aromatic heterocycles. The van der Waals surface area contributed by atoms with Crippen molar-refractivity contribution in [3.05, 3.63) is 63.9 Å². The van der Waals surface area contributed by atoms with Gasteiger partial charge in [-0.1, -0.05) is 40.2 Å². The van der Waals surface area contributed by atoms with Crippen molar-refractivity contribution in [2.24, 2.45) is 0 Å². The standard InChI is InChI=1S/C15H15BrFNO/c1-10(13-7-6-12(17)8-15(13)19)18-9-11-4-2-3-5-14(11)16/h2-8,10,18-19H,9H2,1H3. The zero-order valence-electron chi connectivity index (χ0n) is 10.5. The van der Waals surface area contributed by atoms with E-state index in [0.717, 1.165) is 16.1 Å². The van der Waals surface area contributed by atoms with Crippen molar-refractivity contribution in [2.45, 2.75) is 19.5 Å². The minimum Gasteiger partial charge on any atom is -0.508 e. The zero-order valence-corrected chi connectivity index (χ0v) is 12.1. The number of rotatable bonds is 4. The van der Waals surface area contributed by atoms with Crippen molar-refractivity contribution in [3.63, 3.8) is 0 Å². The lowest BCUT2D eigenvalue weighted by Gasteiger charge is -2.16. The molecule has 0 spiro atoms. The van der Waals surface area contributed by atoms with Gasteiger partial charge in [-0.25, -0.2) is 4.39 Å². The van der Waals surface area contributed by atoms with Crippen LogP contribution in [0, 0.1) is 5.82 Å². The second-order valence-corrected chi connectivity index (χ2v) is 5.25. The van der Waals surface area contributed by atoms with Gasteiger partial charge >= 0.3 is 0 Å². The predicted molar refractivity (Wildman–Crippen MR) is 77.5 cm³/mol. The highest BCUT2D eigenvalue weighted by molar-refractivity contribution is 9.10. The Morgan fingerprint density at radius 1 is 1.26 bits per heavy atom. The summed E-state index contributed by atoms with van der Waals surface area (Å²) in [6, 6.07) is 12.0. The molecule has 0 aliphatic carbocycles. The van der Waals surface area contributed by atoms with Gasteiger partial charge in [0.2, 0.25) is 0 Å². The van der Waals surface area contributed by atoms with Crippen LogP contribution in [-0.2, 0) is 6.54 Å². The molecule has 2 N–H and O–H groups in total. The van der Waals surface area contributed by atoms with Gasteiger partial charge in [0.05, 0.1) is 0 Å². The van der Waals surface area contributed by atoms with Crippen molar-refractivity contribution >= 4 is 15.9 Å². The maximum absolute atomic E-state index is 12.9. The number of benzene rings is 2. The minimum atomic E-state index is -0.431. The Hall–Kier alpha value is -1.39. The van der Waals surface area contributed by atoms with Crippen LogP contribution in [0.5, 0.6) is 5.75 Å². The summed E-state index contributed by atoms with van der Waals surface area (Å²) in [6.45, 7) is 2.60. The number of halogens is 2. The molecule has 1 unspecified atom stereocenters. The summed E-state index contributed by atoms with van der Waals surface area (Å²) in [5.74, 6) is -0.452. The van der Waals surface area contributed by atoms with Crippen LogP contribution in [0.2, 0.25) is 0 Å². The second-order valence-electron chi connectivity index (χ2n) is 4.40. The fourth-order valence-corrected chi connectivity index (χ4v) is 2.32. The van der Waals surface area contributed by atoms with Crippen LogP contribution in [-0.4, -0.2) is 5.11 Å². The Morgan fingerprint density at radius 2 is 2.00 bits per heavy atom. The van der Waals surface area contributed by atoms with Gasteiger partial charge in [0.1, 0.15) is 11.6 Å². The molecule has 2 rings (SSSR count). The topological polar surface area (TPSA) is 32.3 Å². The third kappa shape index (κ3) is 3.55. The monoisotopic (exact) mass is 323 g/mol. The van der Waals surface area contributed by atoms with E-state index >= 15 is 0 Å². The number of aromatic hydroxyl groups is 1. The predicted octanol–water partition coefficient (Wildman–Crippen LogP) is 4.14. The van der Waals surface area contributed by atoms with E-state index in [1.807, 2.05) is 31.2 Å². The Bertz CT molecular complexity index is 574. The van der Waals surface area contributed by atoms with E-state index in [9.17, 15) is 9.50 Å². The smallest absolute Gasteiger partial charge is 0.126 e. The molecule has 0 radical (unpaired) electrons. The van der Waals surface area contributed by atoms with Crippen molar-refractivity contribution in [1.82, 2.24) is 5.32 Å². The molecule has 0 bridgehead atoms. The van der Waals surface area contributed by atoms with Crippen LogP contribution in [0.15, 0.2) is 46.9 Å². The van der Waals surface area contributed by atoms with Crippen molar-refractivity contribution in [1.29, 1.82) is 0 Å². The van der Waals surface area contributed by atoms with E-state index in [1.165, 1.54) is 6.07 Å². The molecule has 0 saturated heterocycles. The van der Waals surface area contributed by atoms with E-state index in [4.69, 9.17) is 0 Å². The molecule has 100 valence electrons. The van der Waals surface area contributed by atoms with Crippen LogP contribution < -0.4 is 5.32 Å². The molecule has 0 aliphatic rings. The Balaban J connectivity index is 2.05. The molecule has 0 saturated carbocycles. The first kappa shape index (κ1) is 14.0. The largest absolute Gasteiger partial charge is 0.508 e. The third-order valence-electron chi connectivity index (χ3n) is 3.02. The Kier molecular flexibility index (Phi) is 4.56. The summed E-state index contributed by atoms with van der Waals surface area (Å²) in [5, 5.41) is 13.0. The average Bonchev–Trinajstić information content (AvgIpc) is 2.37. The van der Waals surface area contributed by atoms with Crippen molar-refractivity contribution < 1.29 is 9.50 Å². The van der Waals surface area contributed by atoms with Gasteiger partial charge in [0.25, 0.3) is 0 Å². The molecule has 2 nitrogen and oxygen atoms in total. The van der Waals surface area contributed by atoms with Gasteiger partial charge in [-0.05, 0) is 24.6 Å². The van der Waals surface area contributed by atoms with E-state index < -0.39 is 5.82 Å². The molecule has 2 aromatic carbocycles. The molecule has 2 aromatic rings. The van der Waals surface area contributed by atoms with E-state index in [-0.39, 0.29) is 11.8 Å². The van der Waals surface area contributed by atoms with Gasteiger partial charge in [0, 0.05) is 28.7 Å². The summed E-state index contributed by atoms with van der Waals surface area (Å²) in [5.41, 5.74) is 1.82. The minimum absolute atomic E-state index is 0.0212. The summed E-state index contributed by atoms with van der Waals surface area (Å²) in [7, 11) is 0. The van der Waals surface area contributed by atoms with Gasteiger partial charge < -0.3 is 10.4 Å². The summed E-state index contributed by atoms with van der Waals surface area (Å²) in [6.07, 6.45) is 0. The lowest BCUT2D eigenvalue weighted by Crippen LogP contribution is -2.18. The quantitative estimate of drug-likeness (QED) is 0.886. The van der Waals surface area contributed by atoms with Crippen LogP contribution in [0.3, 0.4) is 0 Å². The molecule has 1 atom stereocenters. The maximum Gasteiger partial charge on any atom is 0.126 e.